The molecule has 1 heterocycles. The fourth-order valence-corrected chi connectivity index (χ4v) is 4.09. The number of methoxy groups -OCH3 is 3. The second-order valence-electron chi connectivity index (χ2n) is 6.20. The van der Waals surface area contributed by atoms with Gasteiger partial charge in [-0.15, -0.1) is 11.8 Å². The van der Waals surface area contributed by atoms with Gasteiger partial charge in [0.15, 0.2) is 11.5 Å². The van der Waals surface area contributed by atoms with Crippen LogP contribution in [0, 0.1) is 0 Å². The van der Waals surface area contributed by atoms with Gasteiger partial charge in [0.25, 0.3) is 5.91 Å². The zero-order valence-corrected chi connectivity index (χ0v) is 17.2. The molecule has 27 heavy (non-hydrogen) atoms. The largest absolute Gasteiger partial charge is 0.493 e. The van der Waals surface area contributed by atoms with E-state index in [4.69, 9.17) is 14.2 Å². The monoisotopic (exact) mass is 396 g/mol. The highest BCUT2D eigenvalue weighted by atomic mass is 32.2. The Hall–Kier alpha value is -2.09. The quantitative estimate of drug-likeness (QED) is 0.647. The Morgan fingerprint density at radius 1 is 1.15 bits per heavy atom. The molecule has 1 atom stereocenters. The van der Waals surface area contributed by atoms with Gasteiger partial charge in [0.1, 0.15) is 6.04 Å². The Bertz CT molecular complexity index is 642. The molecule has 150 valence electrons. The molecule has 2 rings (SSSR count). The fraction of sp³-hybridized carbons (Fsp3) is 0.579. The van der Waals surface area contributed by atoms with Gasteiger partial charge in [0.2, 0.25) is 11.7 Å². The van der Waals surface area contributed by atoms with E-state index < -0.39 is 6.04 Å². The molecular weight excluding hydrogens is 368 g/mol. The number of thioether (sulfide) groups is 1. The van der Waals surface area contributed by atoms with Gasteiger partial charge in [-0.3, -0.25) is 9.59 Å². The summed E-state index contributed by atoms with van der Waals surface area (Å²) in [7, 11) is 4.52. The van der Waals surface area contributed by atoms with E-state index >= 15 is 0 Å². The minimum absolute atomic E-state index is 0.100. The fourth-order valence-electron chi connectivity index (χ4n) is 2.93. The lowest BCUT2D eigenvalue weighted by atomic mass is 10.1. The third-order valence-corrected chi connectivity index (χ3v) is 5.45. The maximum absolute atomic E-state index is 13.1. The molecule has 1 N–H and O–H groups in total. The number of amides is 2. The van der Waals surface area contributed by atoms with Crippen LogP contribution in [0.2, 0.25) is 0 Å². The van der Waals surface area contributed by atoms with Crippen molar-refractivity contribution < 1.29 is 23.8 Å². The minimum Gasteiger partial charge on any atom is -0.493 e. The molecule has 0 radical (unpaired) electrons. The summed E-state index contributed by atoms with van der Waals surface area (Å²) in [6.07, 6.45) is 3.12. The van der Waals surface area contributed by atoms with Gasteiger partial charge in [0.05, 0.1) is 27.2 Å². The first-order valence-corrected chi connectivity index (χ1v) is 10.2. The highest BCUT2D eigenvalue weighted by Crippen LogP contribution is 2.39. The van der Waals surface area contributed by atoms with Crippen molar-refractivity contribution in [2.24, 2.45) is 0 Å². The third kappa shape index (κ3) is 5.00. The van der Waals surface area contributed by atoms with E-state index in [1.54, 1.807) is 28.8 Å². The summed E-state index contributed by atoms with van der Waals surface area (Å²) in [5.41, 5.74) is 0.399. The van der Waals surface area contributed by atoms with Gasteiger partial charge in [0, 0.05) is 17.9 Å². The Morgan fingerprint density at radius 2 is 1.81 bits per heavy atom. The van der Waals surface area contributed by atoms with Crippen molar-refractivity contribution >= 4 is 23.6 Å². The van der Waals surface area contributed by atoms with Crippen molar-refractivity contribution in [1.82, 2.24) is 10.2 Å². The SMILES string of the molecule is CCCCCNC(=O)C1CSCN1C(=O)c1cc(OC)c(OC)c(OC)c1. The van der Waals surface area contributed by atoms with E-state index in [9.17, 15) is 9.59 Å². The summed E-state index contributed by atoms with van der Waals surface area (Å²) in [6, 6.07) is 2.76. The van der Waals surface area contributed by atoms with Crippen LogP contribution in [0.3, 0.4) is 0 Å². The summed E-state index contributed by atoms with van der Waals surface area (Å²) in [5.74, 6) is 1.99. The molecule has 0 saturated carbocycles. The molecule has 1 aromatic carbocycles. The van der Waals surface area contributed by atoms with E-state index in [-0.39, 0.29) is 11.8 Å². The van der Waals surface area contributed by atoms with E-state index in [2.05, 4.69) is 12.2 Å². The maximum Gasteiger partial charge on any atom is 0.255 e. The molecule has 1 aliphatic rings. The normalized spacial score (nSPS) is 16.1. The van der Waals surface area contributed by atoms with Gasteiger partial charge in [-0.05, 0) is 18.6 Å². The average Bonchev–Trinajstić information content (AvgIpc) is 3.19. The highest BCUT2D eigenvalue weighted by molar-refractivity contribution is 7.99. The number of carbonyl (C=O) groups is 2. The number of benzene rings is 1. The number of unbranched alkanes of at least 4 members (excludes halogenated alkanes) is 2. The van der Waals surface area contributed by atoms with Crippen LogP contribution in [0.15, 0.2) is 12.1 Å². The summed E-state index contributed by atoms with van der Waals surface area (Å²) in [6.45, 7) is 2.76. The van der Waals surface area contributed by atoms with Crippen LogP contribution < -0.4 is 19.5 Å². The molecule has 0 aliphatic carbocycles. The van der Waals surface area contributed by atoms with Crippen molar-refractivity contribution in [1.29, 1.82) is 0 Å². The van der Waals surface area contributed by atoms with Gasteiger partial charge >= 0.3 is 0 Å². The summed E-state index contributed by atoms with van der Waals surface area (Å²) < 4.78 is 15.9. The van der Waals surface area contributed by atoms with Gasteiger partial charge in [-0.25, -0.2) is 0 Å². The number of carbonyl (C=O) groups excluding carboxylic acids is 2. The molecule has 0 spiro atoms. The highest BCUT2D eigenvalue weighted by Gasteiger charge is 2.35. The Morgan fingerprint density at radius 3 is 2.37 bits per heavy atom. The van der Waals surface area contributed by atoms with E-state index in [0.29, 0.717) is 41.0 Å². The van der Waals surface area contributed by atoms with Crippen molar-refractivity contribution in [3.05, 3.63) is 17.7 Å². The molecule has 0 bridgehead atoms. The number of nitrogens with one attached hydrogen (secondary N) is 1. The van der Waals surface area contributed by atoms with Crippen molar-refractivity contribution in [2.75, 3.05) is 39.5 Å². The molecule has 1 aliphatic heterocycles. The molecule has 8 heteroatoms. The van der Waals surface area contributed by atoms with Gasteiger partial charge < -0.3 is 24.4 Å². The van der Waals surface area contributed by atoms with Crippen molar-refractivity contribution in [2.45, 2.75) is 32.2 Å². The average molecular weight is 397 g/mol. The smallest absolute Gasteiger partial charge is 0.255 e. The number of ether oxygens (including phenoxy) is 3. The van der Waals surface area contributed by atoms with Crippen molar-refractivity contribution in [3.63, 3.8) is 0 Å². The molecule has 1 unspecified atom stereocenters. The molecule has 2 amide bonds. The van der Waals surface area contributed by atoms with Gasteiger partial charge in [-0.1, -0.05) is 19.8 Å². The molecule has 1 aromatic rings. The van der Waals surface area contributed by atoms with Crippen LogP contribution in [0.25, 0.3) is 0 Å². The zero-order valence-electron chi connectivity index (χ0n) is 16.4. The third-order valence-electron chi connectivity index (χ3n) is 4.44. The number of hydrogen-bond acceptors (Lipinski definition) is 6. The topological polar surface area (TPSA) is 77.1 Å². The first-order valence-electron chi connectivity index (χ1n) is 9.03. The van der Waals surface area contributed by atoms with Crippen LogP contribution in [0.4, 0.5) is 0 Å². The lowest BCUT2D eigenvalue weighted by molar-refractivity contribution is -0.124. The van der Waals surface area contributed by atoms with E-state index in [0.717, 1.165) is 19.3 Å². The maximum atomic E-state index is 13.1. The Balaban J connectivity index is 2.17. The first kappa shape index (κ1) is 21.2. The predicted molar refractivity (Wildman–Crippen MR) is 106 cm³/mol. The lowest BCUT2D eigenvalue weighted by Gasteiger charge is -2.24. The van der Waals surface area contributed by atoms with Crippen LogP contribution in [-0.2, 0) is 4.79 Å². The Labute approximate surface area is 164 Å². The molecule has 7 nitrogen and oxygen atoms in total. The Kier molecular flexibility index (Phi) is 8.09. The minimum atomic E-state index is -0.469. The molecule has 0 aromatic heterocycles. The number of nitrogens with zero attached hydrogens (tertiary/aromatic N) is 1. The van der Waals surface area contributed by atoms with E-state index in [1.165, 1.54) is 21.3 Å². The number of rotatable bonds is 9. The molecular formula is C19H28N2O5S. The first-order chi connectivity index (χ1) is 13.1. The molecule has 1 saturated heterocycles. The summed E-state index contributed by atoms with van der Waals surface area (Å²) >= 11 is 1.57. The second-order valence-corrected chi connectivity index (χ2v) is 7.20. The van der Waals surface area contributed by atoms with E-state index in [1.807, 2.05) is 0 Å². The van der Waals surface area contributed by atoms with Crippen LogP contribution >= 0.6 is 11.8 Å². The summed E-state index contributed by atoms with van der Waals surface area (Å²) in [5, 5.41) is 2.94. The van der Waals surface area contributed by atoms with Crippen LogP contribution in [0.5, 0.6) is 17.2 Å². The van der Waals surface area contributed by atoms with Crippen LogP contribution in [0.1, 0.15) is 36.5 Å². The van der Waals surface area contributed by atoms with Crippen LogP contribution in [-0.4, -0.2) is 62.3 Å². The zero-order chi connectivity index (χ0) is 19.8. The molecule has 1 fully saturated rings. The lowest BCUT2D eigenvalue weighted by Crippen LogP contribution is -2.47. The predicted octanol–water partition coefficient (Wildman–Crippen LogP) is 2.53. The van der Waals surface area contributed by atoms with Crippen molar-refractivity contribution in [3.8, 4) is 17.2 Å². The summed E-state index contributed by atoms with van der Waals surface area (Å²) in [4.78, 5) is 27.2. The standard InChI is InChI=1S/C19H28N2O5S/c1-5-6-7-8-20-18(22)14-11-27-12-21(14)19(23)13-9-15(24-2)17(26-4)16(10-13)25-3/h9-10,14H,5-8,11-12H2,1-4H3,(H,20,22). The second kappa shape index (κ2) is 10.3. The van der Waals surface area contributed by atoms with Gasteiger partial charge in [-0.2, -0.15) is 0 Å². The number of hydrogen-bond donors (Lipinski definition) is 1.